The first kappa shape index (κ1) is 11.9. The summed E-state index contributed by atoms with van der Waals surface area (Å²) in [6.07, 6.45) is 6.72. The molecule has 0 radical (unpaired) electrons. The van der Waals surface area contributed by atoms with E-state index in [0.29, 0.717) is 12.5 Å². The largest absolute Gasteiger partial charge is 0.364 e. The molecule has 1 amide bonds. The zero-order chi connectivity index (χ0) is 11.4. The van der Waals surface area contributed by atoms with Crippen LogP contribution in [0.1, 0.15) is 38.5 Å². The highest BCUT2D eigenvalue weighted by molar-refractivity contribution is 5.81. The van der Waals surface area contributed by atoms with Crippen molar-refractivity contribution in [3.05, 3.63) is 0 Å². The summed E-state index contributed by atoms with van der Waals surface area (Å²) in [5.41, 5.74) is 5.51. The van der Waals surface area contributed by atoms with Crippen LogP contribution in [0.25, 0.3) is 0 Å². The monoisotopic (exact) mass is 226 g/mol. The molecule has 0 aromatic rings. The van der Waals surface area contributed by atoms with Crippen LogP contribution in [0.15, 0.2) is 0 Å². The quantitative estimate of drug-likeness (QED) is 0.745. The van der Waals surface area contributed by atoms with E-state index < -0.39 is 0 Å². The van der Waals surface area contributed by atoms with Crippen LogP contribution in [0.4, 0.5) is 0 Å². The average Bonchev–Trinajstić information content (AvgIpc) is 2.96. The summed E-state index contributed by atoms with van der Waals surface area (Å²) < 4.78 is 5.55. The molecular weight excluding hydrogens is 204 g/mol. The Bertz CT molecular complexity index is 239. The first-order valence-corrected chi connectivity index (χ1v) is 6.43. The van der Waals surface area contributed by atoms with E-state index in [0.717, 1.165) is 19.4 Å². The Kier molecular flexibility index (Phi) is 4.18. The summed E-state index contributed by atoms with van der Waals surface area (Å²) in [5.74, 6) is 0.749. The summed E-state index contributed by atoms with van der Waals surface area (Å²) in [6.45, 7) is 1.35. The van der Waals surface area contributed by atoms with E-state index in [2.05, 4.69) is 5.32 Å². The first-order chi connectivity index (χ1) is 7.79. The predicted molar refractivity (Wildman–Crippen MR) is 61.9 cm³/mol. The van der Waals surface area contributed by atoms with Gasteiger partial charge in [0.15, 0.2) is 0 Å². The van der Waals surface area contributed by atoms with Crippen molar-refractivity contribution in [2.24, 2.45) is 11.7 Å². The molecule has 0 unspecified atom stereocenters. The molecule has 1 aliphatic heterocycles. The van der Waals surface area contributed by atoms with Gasteiger partial charge in [0.1, 0.15) is 6.10 Å². The number of ether oxygens (including phenoxy) is 1. The lowest BCUT2D eigenvalue weighted by molar-refractivity contribution is -0.132. The lowest BCUT2D eigenvalue weighted by Gasteiger charge is -2.15. The molecule has 1 saturated heterocycles. The maximum absolute atomic E-state index is 11.8. The summed E-state index contributed by atoms with van der Waals surface area (Å²) in [7, 11) is 0. The van der Waals surface area contributed by atoms with Crippen molar-refractivity contribution >= 4 is 5.91 Å². The van der Waals surface area contributed by atoms with Gasteiger partial charge in [-0.2, -0.15) is 0 Å². The van der Waals surface area contributed by atoms with Crippen LogP contribution in [-0.4, -0.2) is 31.2 Å². The van der Waals surface area contributed by atoms with Gasteiger partial charge in [-0.1, -0.05) is 12.8 Å². The van der Waals surface area contributed by atoms with Gasteiger partial charge >= 0.3 is 0 Å². The lowest BCUT2D eigenvalue weighted by Crippen LogP contribution is -2.37. The average molecular weight is 226 g/mol. The maximum atomic E-state index is 11.8. The Morgan fingerprint density at radius 3 is 2.62 bits per heavy atom. The molecule has 0 aromatic carbocycles. The molecule has 3 N–H and O–H groups in total. The van der Waals surface area contributed by atoms with Crippen molar-refractivity contribution in [2.45, 2.75) is 50.7 Å². The molecule has 0 aromatic heterocycles. The number of nitrogens with one attached hydrogen (secondary N) is 1. The van der Waals surface area contributed by atoms with Crippen molar-refractivity contribution < 1.29 is 9.53 Å². The van der Waals surface area contributed by atoms with Crippen LogP contribution < -0.4 is 11.1 Å². The molecule has 2 atom stereocenters. The molecule has 4 heteroatoms. The number of carbonyl (C=O) groups excluding carboxylic acids is 1. The second kappa shape index (κ2) is 5.64. The number of hydrogen-bond acceptors (Lipinski definition) is 3. The third-order valence-corrected chi connectivity index (χ3v) is 3.70. The summed E-state index contributed by atoms with van der Waals surface area (Å²) in [6, 6.07) is 0. The minimum Gasteiger partial charge on any atom is -0.364 e. The Hall–Kier alpha value is -0.610. The van der Waals surface area contributed by atoms with Gasteiger partial charge in [0.05, 0.1) is 6.10 Å². The molecule has 0 spiro atoms. The normalized spacial score (nSPS) is 30.8. The number of nitrogens with two attached hydrogens (primary N) is 1. The molecule has 0 bridgehead atoms. The SMILES string of the molecule is NC[C@H]1CC[C@@H](C(=O)NCC2CCCC2)O1. The zero-order valence-electron chi connectivity index (χ0n) is 9.78. The molecule has 1 heterocycles. The van der Waals surface area contributed by atoms with Crippen molar-refractivity contribution in [3.8, 4) is 0 Å². The molecule has 92 valence electrons. The summed E-state index contributed by atoms with van der Waals surface area (Å²) >= 11 is 0. The Labute approximate surface area is 96.9 Å². The Morgan fingerprint density at radius 2 is 2.00 bits per heavy atom. The van der Waals surface area contributed by atoms with Crippen LogP contribution in [0.5, 0.6) is 0 Å². The predicted octanol–water partition coefficient (Wildman–Crippen LogP) is 0.799. The summed E-state index contributed by atoms with van der Waals surface area (Å²) in [4.78, 5) is 11.8. The number of hydrogen-bond donors (Lipinski definition) is 2. The van der Waals surface area contributed by atoms with Crippen molar-refractivity contribution in [1.82, 2.24) is 5.32 Å². The van der Waals surface area contributed by atoms with Crippen LogP contribution in [0, 0.1) is 5.92 Å². The third kappa shape index (κ3) is 2.95. The van der Waals surface area contributed by atoms with E-state index in [1.165, 1.54) is 25.7 Å². The molecule has 1 saturated carbocycles. The van der Waals surface area contributed by atoms with Crippen molar-refractivity contribution in [1.29, 1.82) is 0 Å². The smallest absolute Gasteiger partial charge is 0.249 e. The molecule has 2 fully saturated rings. The number of rotatable bonds is 4. The lowest BCUT2D eigenvalue weighted by atomic mass is 10.1. The molecule has 16 heavy (non-hydrogen) atoms. The van der Waals surface area contributed by atoms with Gasteiger partial charge in [0.25, 0.3) is 0 Å². The van der Waals surface area contributed by atoms with Crippen LogP contribution in [0.3, 0.4) is 0 Å². The van der Waals surface area contributed by atoms with Gasteiger partial charge in [-0.05, 0) is 31.6 Å². The minimum atomic E-state index is -0.255. The van der Waals surface area contributed by atoms with E-state index in [9.17, 15) is 4.79 Å². The van der Waals surface area contributed by atoms with E-state index in [1.54, 1.807) is 0 Å². The molecule has 2 aliphatic rings. The van der Waals surface area contributed by atoms with Gasteiger partial charge in [-0.3, -0.25) is 4.79 Å². The van der Waals surface area contributed by atoms with Gasteiger partial charge < -0.3 is 15.8 Å². The minimum absolute atomic E-state index is 0.0582. The Balaban J connectivity index is 1.67. The molecule has 1 aliphatic carbocycles. The third-order valence-electron chi connectivity index (χ3n) is 3.70. The second-order valence-corrected chi connectivity index (χ2v) is 4.96. The van der Waals surface area contributed by atoms with Crippen LogP contribution >= 0.6 is 0 Å². The van der Waals surface area contributed by atoms with Crippen LogP contribution in [0.2, 0.25) is 0 Å². The molecular formula is C12H22N2O2. The maximum Gasteiger partial charge on any atom is 0.249 e. The highest BCUT2D eigenvalue weighted by Gasteiger charge is 2.30. The van der Waals surface area contributed by atoms with Crippen LogP contribution in [-0.2, 0) is 9.53 Å². The van der Waals surface area contributed by atoms with Gasteiger partial charge in [0, 0.05) is 13.1 Å². The second-order valence-electron chi connectivity index (χ2n) is 4.96. The van der Waals surface area contributed by atoms with E-state index in [-0.39, 0.29) is 18.1 Å². The topological polar surface area (TPSA) is 64.4 Å². The Morgan fingerprint density at radius 1 is 1.25 bits per heavy atom. The molecule has 2 rings (SSSR count). The fourth-order valence-corrected chi connectivity index (χ4v) is 2.65. The van der Waals surface area contributed by atoms with E-state index in [4.69, 9.17) is 10.5 Å². The highest BCUT2D eigenvalue weighted by atomic mass is 16.5. The fraction of sp³-hybridized carbons (Fsp3) is 0.917. The van der Waals surface area contributed by atoms with Gasteiger partial charge in [-0.15, -0.1) is 0 Å². The summed E-state index contributed by atoms with van der Waals surface area (Å²) in [5, 5.41) is 3.01. The fourth-order valence-electron chi connectivity index (χ4n) is 2.65. The highest BCUT2D eigenvalue weighted by Crippen LogP contribution is 2.24. The van der Waals surface area contributed by atoms with Crippen molar-refractivity contribution in [3.63, 3.8) is 0 Å². The van der Waals surface area contributed by atoms with Gasteiger partial charge in [0.2, 0.25) is 5.91 Å². The van der Waals surface area contributed by atoms with Gasteiger partial charge in [-0.25, -0.2) is 0 Å². The molecule has 4 nitrogen and oxygen atoms in total. The van der Waals surface area contributed by atoms with Crippen molar-refractivity contribution in [2.75, 3.05) is 13.1 Å². The number of carbonyl (C=O) groups is 1. The number of amides is 1. The first-order valence-electron chi connectivity index (χ1n) is 6.43. The van der Waals surface area contributed by atoms with E-state index >= 15 is 0 Å². The standard InChI is InChI=1S/C12H22N2O2/c13-7-10-5-6-11(16-10)12(15)14-8-9-3-1-2-4-9/h9-11H,1-8,13H2,(H,14,15)/t10-,11+/m1/s1. The zero-order valence-corrected chi connectivity index (χ0v) is 9.78. The van der Waals surface area contributed by atoms with E-state index in [1.807, 2.05) is 0 Å².